The van der Waals surface area contributed by atoms with Gasteiger partial charge in [-0.05, 0) is 55.3 Å². The van der Waals surface area contributed by atoms with Crippen molar-refractivity contribution in [3.05, 3.63) is 114 Å². The second kappa shape index (κ2) is 10.2. The predicted molar refractivity (Wildman–Crippen MR) is 145 cm³/mol. The summed E-state index contributed by atoms with van der Waals surface area (Å²) in [6.45, 7) is 4.97. The van der Waals surface area contributed by atoms with Crippen molar-refractivity contribution in [2.24, 2.45) is 0 Å². The summed E-state index contributed by atoms with van der Waals surface area (Å²) in [6, 6.07) is 31.7. The monoisotopic (exact) mass is 479 g/mol. The lowest BCUT2D eigenvalue weighted by Crippen LogP contribution is -2.01. The Bertz CT molecular complexity index is 1390. The van der Waals surface area contributed by atoms with Gasteiger partial charge in [0, 0.05) is 23.2 Å². The summed E-state index contributed by atoms with van der Waals surface area (Å²) in [5, 5.41) is 3.46. The molecule has 5 heteroatoms. The van der Waals surface area contributed by atoms with E-state index in [9.17, 15) is 0 Å². The van der Waals surface area contributed by atoms with Crippen LogP contribution in [0.25, 0.3) is 21.7 Å². The molecular formula is C29H25N3S2. The lowest BCUT2D eigenvalue weighted by molar-refractivity contribution is 1.11. The van der Waals surface area contributed by atoms with Gasteiger partial charge in [0.05, 0.1) is 10.6 Å². The van der Waals surface area contributed by atoms with Crippen LogP contribution in [0.15, 0.2) is 106 Å². The van der Waals surface area contributed by atoms with Crippen molar-refractivity contribution in [2.45, 2.75) is 29.6 Å². The maximum absolute atomic E-state index is 5.08. The fraction of sp³-hybridized carbons (Fsp3) is 0.103. The highest BCUT2D eigenvalue weighted by molar-refractivity contribution is 8.01. The van der Waals surface area contributed by atoms with Crippen LogP contribution in [-0.4, -0.2) is 9.97 Å². The van der Waals surface area contributed by atoms with E-state index in [1.807, 2.05) is 12.3 Å². The molecule has 0 saturated heterocycles. The van der Waals surface area contributed by atoms with Crippen LogP contribution in [0, 0.1) is 13.8 Å². The fourth-order valence-corrected chi connectivity index (χ4v) is 5.82. The molecule has 0 aliphatic carbocycles. The van der Waals surface area contributed by atoms with Crippen molar-refractivity contribution in [1.29, 1.82) is 0 Å². The number of rotatable bonds is 7. The van der Waals surface area contributed by atoms with E-state index < -0.39 is 0 Å². The van der Waals surface area contributed by atoms with Gasteiger partial charge in [0.1, 0.15) is 5.82 Å². The Kier molecular flexibility index (Phi) is 6.74. The number of benzene rings is 3. The number of thiazole rings is 1. The number of nitrogens with one attached hydrogen (secondary N) is 1. The van der Waals surface area contributed by atoms with Crippen LogP contribution in [0.5, 0.6) is 0 Å². The summed E-state index contributed by atoms with van der Waals surface area (Å²) in [4.78, 5) is 12.0. The molecule has 0 aliphatic rings. The Balaban J connectivity index is 1.49. The number of pyridine rings is 1. The first kappa shape index (κ1) is 22.4. The van der Waals surface area contributed by atoms with Crippen molar-refractivity contribution < 1.29 is 0 Å². The van der Waals surface area contributed by atoms with Gasteiger partial charge in [0.25, 0.3) is 0 Å². The summed E-state index contributed by atoms with van der Waals surface area (Å²) in [7, 11) is 0. The van der Waals surface area contributed by atoms with Crippen molar-refractivity contribution in [3.63, 3.8) is 0 Å². The zero-order valence-electron chi connectivity index (χ0n) is 19.2. The topological polar surface area (TPSA) is 37.8 Å². The van der Waals surface area contributed by atoms with Crippen molar-refractivity contribution in [1.82, 2.24) is 9.97 Å². The van der Waals surface area contributed by atoms with Crippen LogP contribution < -0.4 is 5.32 Å². The number of hydrogen-bond acceptors (Lipinski definition) is 5. The van der Waals surface area contributed by atoms with E-state index in [2.05, 4.69) is 109 Å². The van der Waals surface area contributed by atoms with Gasteiger partial charge in [-0.1, -0.05) is 83.6 Å². The molecule has 5 rings (SSSR count). The van der Waals surface area contributed by atoms with E-state index in [1.54, 1.807) is 23.1 Å². The third-order valence-electron chi connectivity index (χ3n) is 5.46. The summed E-state index contributed by atoms with van der Waals surface area (Å²) in [6.07, 6.45) is 1.87. The largest absolute Gasteiger partial charge is 0.366 e. The van der Waals surface area contributed by atoms with Gasteiger partial charge >= 0.3 is 0 Å². The molecule has 0 radical (unpaired) electrons. The Morgan fingerprint density at radius 1 is 0.794 bits per heavy atom. The van der Waals surface area contributed by atoms with Gasteiger partial charge in [0.2, 0.25) is 0 Å². The molecule has 0 bridgehead atoms. The minimum atomic E-state index is 0.735. The van der Waals surface area contributed by atoms with Gasteiger partial charge in [-0.3, -0.25) is 0 Å². The van der Waals surface area contributed by atoms with Crippen LogP contribution in [0.3, 0.4) is 0 Å². The third-order valence-corrected chi connectivity index (χ3v) is 7.64. The molecule has 0 aliphatic heterocycles. The van der Waals surface area contributed by atoms with Crippen LogP contribution >= 0.6 is 23.1 Å². The molecule has 0 fully saturated rings. The van der Waals surface area contributed by atoms with E-state index in [0.717, 1.165) is 38.4 Å². The first-order valence-corrected chi connectivity index (χ1v) is 12.8. The number of anilines is 1. The molecule has 3 nitrogen and oxygen atoms in total. The Hall–Kier alpha value is -3.41. The predicted octanol–water partition coefficient (Wildman–Crippen LogP) is 8.25. The lowest BCUT2D eigenvalue weighted by atomic mass is 10.1. The molecule has 3 aromatic carbocycles. The van der Waals surface area contributed by atoms with Crippen molar-refractivity contribution in [2.75, 3.05) is 5.32 Å². The summed E-state index contributed by atoms with van der Waals surface area (Å²) in [5.74, 6) is 0.859. The third kappa shape index (κ3) is 5.38. The highest BCUT2D eigenvalue weighted by Gasteiger charge is 2.17. The van der Waals surface area contributed by atoms with Crippen LogP contribution in [0.1, 0.15) is 16.7 Å². The van der Waals surface area contributed by atoms with Crippen LogP contribution in [-0.2, 0) is 6.54 Å². The zero-order chi connectivity index (χ0) is 23.3. The Labute approximate surface area is 209 Å². The zero-order valence-corrected chi connectivity index (χ0v) is 20.8. The summed E-state index contributed by atoms with van der Waals surface area (Å²) < 4.78 is 1.03. The highest BCUT2D eigenvalue weighted by Crippen LogP contribution is 2.42. The minimum absolute atomic E-state index is 0.735. The molecule has 2 heterocycles. The van der Waals surface area contributed by atoms with Crippen molar-refractivity contribution in [3.8, 4) is 21.7 Å². The summed E-state index contributed by atoms with van der Waals surface area (Å²) in [5.41, 5.74) is 6.99. The fourth-order valence-electron chi connectivity index (χ4n) is 3.69. The molecule has 0 atom stereocenters. The molecule has 1 N–H and O–H groups in total. The van der Waals surface area contributed by atoms with Crippen molar-refractivity contribution >= 4 is 28.9 Å². The average molecular weight is 480 g/mol. The van der Waals surface area contributed by atoms with Gasteiger partial charge in [0.15, 0.2) is 4.34 Å². The molecule has 0 amide bonds. The van der Waals surface area contributed by atoms with Gasteiger partial charge in [-0.2, -0.15) is 0 Å². The molecule has 2 aromatic heterocycles. The molecule has 5 aromatic rings. The maximum atomic E-state index is 5.08. The minimum Gasteiger partial charge on any atom is -0.366 e. The Morgan fingerprint density at radius 3 is 2.41 bits per heavy atom. The standard InChI is InChI=1S/C29H25N3S2/c1-20-11-13-25(14-12-20)33-29-32-27(23-10-6-7-21(2)17-23)28(34-29)24-15-16-30-26(18-24)31-19-22-8-4-3-5-9-22/h3-18H,19H2,1-2H3,(H,30,31). The first-order chi connectivity index (χ1) is 16.6. The number of aryl methyl sites for hydroxylation is 2. The maximum Gasteiger partial charge on any atom is 0.155 e. The molecule has 34 heavy (non-hydrogen) atoms. The SMILES string of the molecule is Cc1ccc(Sc2nc(-c3cccc(C)c3)c(-c3ccnc(NCc4ccccc4)c3)s2)cc1. The van der Waals surface area contributed by atoms with E-state index >= 15 is 0 Å². The van der Waals surface area contributed by atoms with Gasteiger partial charge in [-0.25, -0.2) is 9.97 Å². The van der Waals surface area contributed by atoms with Crippen LogP contribution in [0.2, 0.25) is 0 Å². The molecule has 168 valence electrons. The smallest absolute Gasteiger partial charge is 0.155 e. The number of aromatic nitrogens is 2. The second-order valence-corrected chi connectivity index (χ2v) is 10.5. The van der Waals surface area contributed by atoms with E-state index in [-0.39, 0.29) is 0 Å². The first-order valence-electron chi connectivity index (χ1n) is 11.2. The van der Waals surface area contributed by atoms with Crippen LogP contribution in [0.4, 0.5) is 5.82 Å². The summed E-state index contributed by atoms with van der Waals surface area (Å²) >= 11 is 3.44. The number of hydrogen-bond donors (Lipinski definition) is 1. The molecular weight excluding hydrogens is 454 g/mol. The van der Waals surface area contributed by atoms with E-state index in [1.165, 1.54) is 21.6 Å². The highest BCUT2D eigenvalue weighted by atomic mass is 32.2. The Morgan fingerprint density at radius 2 is 1.62 bits per heavy atom. The number of nitrogens with zero attached hydrogens (tertiary/aromatic N) is 2. The quantitative estimate of drug-likeness (QED) is 0.255. The molecule has 0 unspecified atom stereocenters. The molecule has 0 spiro atoms. The van der Waals surface area contributed by atoms with Gasteiger partial charge < -0.3 is 5.32 Å². The average Bonchev–Trinajstić information content (AvgIpc) is 3.29. The van der Waals surface area contributed by atoms with E-state index in [4.69, 9.17) is 4.98 Å². The lowest BCUT2D eigenvalue weighted by Gasteiger charge is -2.08. The second-order valence-electron chi connectivity index (χ2n) is 8.21. The normalized spacial score (nSPS) is 10.9. The van der Waals surface area contributed by atoms with E-state index in [0.29, 0.717) is 0 Å². The van der Waals surface area contributed by atoms with Gasteiger partial charge in [-0.15, -0.1) is 11.3 Å². The molecule has 0 saturated carbocycles.